The van der Waals surface area contributed by atoms with Crippen LogP contribution in [0.25, 0.3) is 11.0 Å². The number of hydrogen-bond acceptors (Lipinski definition) is 7. The molecule has 132 valence electrons. The average Bonchev–Trinajstić information content (AvgIpc) is 3.10. The van der Waals surface area contributed by atoms with E-state index < -0.39 is 24.5 Å². The molecule has 0 aromatic carbocycles. The van der Waals surface area contributed by atoms with Gasteiger partial charge in [-0.2, -0.15) is 0 Å². The molecule has 0 saturated carbocycles. The van der Waals surface area contributed by atoms with Crippen LogP contribution in [-0.2, 0) is 4.74 Å². The van der Waals surface area contributed by atoms with E-state index in [1.807, 2.05) is 6.07 Å². The minimum absolute atomic E-state index is 0.348. The van der Waals surface area contributed by atoms with E-state index in [9.17, 15) is 15.3 Å². The van der Waals surface area contributed by atoms with Crippen molar-refractivity contribution in [3.05, 3.63) is 18.6 Å². The Morgan fingerprint density at radius 2 is 2.08 bits per heavy atom. The number of rotatable bonds is 6. The van der Waals surface area contributed by atoms with Gasteiger partial charge >= 0.3 is 0 Å². The fourth-order valence-corrected chi connectivity index (χ4v) is 3.99. The van der Waals surface area contributed by atoms with Gasteiger partial charge in [0.15, 0.2) is 6.23 Å². The molecule has 1 saturated heterocycles. The molecule has 8 heteroatoms. The maximum Gasteiger partial charge on any atom is 0.164 e. The molecule has 0 amide bonds. The number of thioether (sulfide) groups is 1. The van der Waals surface area contributed by atoms with Crippen LogP contribution in [0.1, 0.15) is 26.5 Å². The van der Waals surface area contributed by atoms with Crippen molar-refractivity contribution in [1.29, 1.82) is 0 Å². The Morgan fingerprint density at radius 1 is 1.29 bits per heavy atom. The maximum atomic E-state index is 10.2. The highest BCUT2D eigenvalue weighted by molar-refractivity contribution is 7.99. The third kappa shape index (κ3) is 3.29. The summed E-state index contributed by atoms with van der Waals surface area (Å²) in [4.78, 5) is 8.66. The number of hydrogen-bond donors (Lipinski definition) is 3. The molecule has 1 aliphatic rings. The minimum atomic E-state index is -1.13. The van der Waals surface area contributed by atoms with Crippen LogP contribution in [0, 0.1) is 5.92 Å². The highest BCUT2D eigenvalue weighted by atomic mass is 32.2. The monoisotopic (exact) mass is 353 g/mol. The molecule has 1 fully saturated rings. The lowest BCUT2D eigenvalue weighted by atomic mass is 10.1. The van der Waals surface area contributed by atoms with E-state index in [1.54, 1.807) is 22.5 Å². The third-order valence-electron chi connectivity index (χ3n) is 4.20. The number of aliphatic hydroxyl groups is 3. The molecule has 0 aliphatic carbocycles. The Kier molecular flexibility index (Phi) is 5.41. The number of nitrogens with zero attached hydrogens (tertiary/aromatic N) is 3. The Labute approximate surface area is 144 Å². The van der Waals surface area contributed by atoms with Gasteiger partial charge in [0.25, 0.3) is 0 Å². The zero-order valence-electron chi connectivity index (χ0n) is 13.7. The van der Waals surface area contributed by atoms with Crippen molar-refractivity contribution in [1.82, 2.24) is 14.5 Å². The fraction of sp³-hybridized carbons (Fsp3) is 0.625. The summed E-state index contributed by atoms with van der Waals surface area (Å²) in [6.45, 7) is 4.03. The molecule has 0 spiro atoms. The molecule has 4 atom stereocenters. The zero-order chi connectivity index (χ0) is 17.3. The van der Waals surface area contributed by atoms with E-state index in [1.165, 1.54) is 6.33 Å². The van der Waals surface area contributed by atoms with Crippen LogP contribution in [0.3, 0.4) is 0 Å². The normalized spacial score (nSPS) is 27.4. The second-order valence-electron chi connectivity index (χ2n) is 6.40. The Balaban J connectivity index is 1.86. The second kappa shape index (κ2) is 7.37. The topological polar surface area (TPSA) is 101 Å². The van der Waals surface area contributed by atoms with E-state index in [0.717, 1.165) is 22.6 Å². The van der Waals surface area contributed by atoms with Crippen molar-refractivity contribution in [2.75, 3.05) is 12.4 Å². The summed E-state index contributed by atoms with van der Waals surface area (Å²) in [6, 6.07) is 1.89. The third-order valence-corrected chi connectivity index (χ3v) is 5.24. The molecule has 24 heavy (non-hydrogen) atoms. The first-order chi connectivity index (χ1) is 11.5. The molecule has 1 aliphatic heterocycles. The Hall–Kier alpha value is -1.19. The van der Waals surface area contributed by atoms with E-state index in [2.05, 4.69) is 23.8 Å². The van der Waals surface area contributed by atoms with Crippen molar-refractivity contribution >= 4 is 22.8 Å². The highest BCUT2D eigenvalue weighted by Gasteiger charge is 2.43. The van der Waals surface area contributed by atoms with Crippen LogP contribution >= 0.6 is 11.8 Å². The smallest absolute Gasteiger partial charge is 0.164 e. The van der Waals surface area contributed by atoms with Gasteiger partial charge in [-0.3, -0.25) is 0 Å². The largest absolute Gasteiger partial charge is 0.394 e. The molecule has 0 radical (unpaired) electrons. The first kappa shape index (κ1) is 17.6. The lowest BCUT2D eigenvalue weighted by molar-refractivity contribution is -0.0508. The number of aliphatic hydroxyl groups excluding tert-OH is 3. The molecule has 0 unspecified atom stereocenters. The summed E-state index contributed by atoms with van der Waals surface area (Å²) < 4.78 is 7.27. The highest BCUT2D eigenvalue weighted by Crippen LogP contribution is 2.34. The second-order valence-corrected chi connectivity index (χ2v) is 7.48. The van der Waals surface area contributed by atoms with Gasteiger partial charge < -0.3 is 24.6 Å². The van der Waals surface area contributed by atoms with Crippen LogP contribution < -0.4 is 0 Å². The SMILES string of the molecule is CC(C)CCSc1ncnc2c1ccn2[C@@H]1O[C@H](CO)[C@@H](O)[C@H]1O. The molecule has 3 N–H and O–H groups in total. The van der Waals surface area contributed by atoms with Gasteiger partial charge in [0.1, 0.15) is 35.3 Å². The maximum absolute atomic E-state index is 10.2. The van der Waals surface area contributed by atoms with Crippen molar-refractivity contribution in [3.63, 3.8) is 0 Å². The first-order valence-corrected chi connectivity index (χ1v) is 9.08. The predicted molar refractivity (Wildman–Crippen MR) is 90.7 cm³/mol. The molecule has 3 heterocycles. The Bertz CT molecular complexity index is 693. The summed E-state index contributed by atoms with van der Waals surface area (Å²) in [6.07, 6.45) is 0.543. The van der Waals surface area contributed by atoms with Crippen LogP contribution in [-0.4, -0.2) is 60.5 Å². The van der Waals surface area contributed by atoms with Crippen LogP contribution in [0.5, 0.6) is 0 Å². The summed E-state index contributed by atoms with van der Waals surface area (Å²) in [5.41, 5.74) is 0.645. The van der Waals surface area contributed by atoms with Gasteiger partial charge in [0.2, 0.25) is 0 Å². The predicted octanol–water partition coefficient (Wildman–Crippen LogP) is 1.18. The standard InChI is InChI=1S/C16H23N3O4S/c1-9(2)4-6-24-15-10-3-5-19(14(10)17-8-18-15)16-13(22)12(21)11(7-20)23-16/h3,5,8-9,11-13,16,20-22H,4,6-7H2,1-2H3/t11-,12-,13-,16-/m1/s1. The van der Waals surface area contributed by atoms with Crippen LogP contribution in [0.2, 0.25) is 0 Å². The molecule has 2 aromatic heterocycles. The minimum Gasteiger partial charge on any atom is -0.394 e. The summed E-state index contributed by atoms with van der Waals surface area (Å²) in [5.74, 6) is 1.61. The number of ether oxygens (including phenoxy) is 1. The van der Waals surface area contributed by atoms with E-state index in [0.29, 0.717) is 11.6 Å². The molecule has 7 nitrogen and oxygen atoms in total. The van der Waals surface area contributed by atoms with E-state index in [4.69, 9.17) is 4.74 Å². The van der Waals surface area contributed by atoms with Crippen LogP contribution in [0.15, 0.2) is 23.6 Å². The Morgan fingerprint density at radius 3 is 2.75 bits per heavy atom. The van der Waals surface area contributed by atoms with Gasteiger partial charge in [-0.1, -0.05) is 13.8 Å². The molecule has 3 rings (SSSR count). The zero-order valence-corrected chi connectivity index (χ0v) is 14.6. The summed E-state index contributed by atoms with van der Waals surface area (Å²) >= 11 is 1.68. The molecule has 0 bridgehead atoms. The number of aromatic nitrogens is 3. The first-order valence-electron chi connectivity index (χ1n) is 8.09. The molecular weight excluding hydrogens is 330 g/mol. The van der Waals surface area contributed by atoms with Crippen molar-refractivity contribution < 1.29 is 20.1 Å². The van der Waals surface area contributed by atoms with Crippen molar-refractivity contribution in [2.24, 2.45) is 5.92 Å². The van der Waals surface area contributed by atoms with Gasteiger partial charge in [-0.05, 0) is 24.2 Å². The van der Waals surface area contributed by atoms with Gasteiger partial charge in [0.05, 0.1) is 12.0 Å². The van der Waals surface area contributed by atoms with Gasteiger partial charge in [-0.15, -0.1) is 11.8 Å². The van der Waals surface area contributed by atoms with Crippen molar-refractivity contribution in [2.45, 2.75) is 49.8 Å². The lowest BCUT2D eigenvalue weighted by Gasteiger charge is -2.17. The van der Waals surface area contributed by atoms with Crippen LogP contribution in [0.4, 0.5) is 0 Å². The summed E-state index contributed by atoms with van der Waals surface area (Å²) in [7, 11) is 0. The lowest BCUT2D eigenvalue weighted by Crippen LogP contribution is -2.33. The average molecular weight is 353 g/mol. The van der Waals surface area contributed by atoms with E-state index in [-0.39, 0.29) is 6.61 Å². The molecular formula is C16H23N3O4S. The van der Waals surface area contributed by atoms with Gasteiger partial charge in [0, 0.05) is 6.20 Å². The van der Waals surface area contributed by atoms with Crippen molar-refractivity contribution in [3.8, 4) is 0 Å². The van der Waals surface area contributed by atoms with E-state index >= 15 is 0 Å². The summed E-state index contributed by atoms with van der Waals surface area (Å²) in [5, 5.41) is 31.2. The quantitative estimate of drug-likeness (QED) is 0.529. The fourth-order valence-electron chi connectivity index (χ4n) is 2.77. The molecule has 2 aromatic rings. The number of fused-ring (bicyclic) bond motifs is 1. The van der Waals surface area contributed by atoms with Gasteiger partial charge in [-0.25, -0.2) is 9.97 Å².